The highest BCUT2D eigenvalue weighted by Gasteiger charge is 2.39. The van der Waals surface area contributed by atoms with E-state index in [1.165, 1.54) is 18.3 Å². The van der Waals surface area contributed by atoms with Crippen molar-refractivity contribution < 1.29 is 19.2 Å². The van der Waals surface area contributed by atoms with Gasteiger partial charge in [-0.25, -0.2) is 9.78 Å². The maximum absolute atomic E-state index is 12.3. The average Bonchev–Trinajstić information content (AvgIpc) is 3.23. The van der Waals surface area contributed by atoms with Crippen LogP contribution in [0.25, 0.3) is 10.7 Å². The van der Waals surface area contributed by atoms with Crippen LogP contribution < -0.4 is 0 Å². The summed E-state index contributed by atoms with van der Waals surface area (Å²) in [4.78, 5) is 50.1. The first-order valence-corrected chi connectivity index (χ1v) is 8.04. The predicted molar refractivity (Wildman–Crippen MR) is 87.7 cm³/mol. The molecule has 0 unspecified atom stereocenters. The summed E-state index contributed by atoms with van der Waals surface area (Å²) in [6.07, 6.45) is 2.95. The zero-order chi connectivity index (χ0) is 17.4. The van der Waals surface area contributed by atoms with Gasteiger partial charge >= 0.3 is 5.97 Å². The number of amides is 2. The Morgan fingerprint density at radius 2 is 1.64 bits per heavy atom. The van der Waals surface area contributed by atoms with Crippen molar-refractivity contribution in [1.82, 2.24) is 15.0 Å². The summed E-state index contributed by atoms with van der Waals surface area (Å²) in [6, 6.07) is 11.6. The lowest BCUT2D eigenvalue weighted by atomic mass is 10.1. The van der Waals surface area contributed by atoms with Crippen LogP contribution in [0.15, 0.2) is 54.9 Å². The van der Waals surface area contributed by atoms with Gasteiger partial charge in [0.1, 0.15) is 9.88 Å². The van der Waals surface area contributed by atoms with E-state index < -0.39 is 17.8 Å². The second-order valence-corrected chi connectivity index (χ2v) is 6.10. The number of pyridine rings is 1. The molecule has 0 N–H and O–H groups in total. The molecule has 3 aromatic rings. The summed E-state index contributed by atoms with van der Waals surface area (Å²) in [7, 11) is 0. The molecule has 0 saturated carbocycles. The molecule has 1 aliphatic heterocycles. The number of hydrogen-bond acceptors (Lipinski definition) is 7. The van der Waals surface area contributed by atoms with E-state index >= 15 is 0 Å². The molecule has 0 bridgehead atoms. The van der Waals surface area contributed by atoms with Crippen LogP contribution in [0.1, 0.15) is 30.4 Å². The summed E-state index contributed by atoms with van der Waals surface area (Å²) in [5.41, 5.74) is 1.03. The number of hydrogen-bond donors (Lipinski definition) is 0. The molecule has 0 aliphatic carbocycles. The van der Waals surface area contributed by atoms with Gasteiger partial charge in [0.2, 0.25) is 0 Å². The van der Waals surface area contributed by atoms with Crippen LogP contribution in [-0.2, 0) is 4.84 Å². The van der Waals surface area contributed by atoms with E-state index in [-0.39, 0.29) is 16.0 Å². The van der Waals surface area contributed by atoms with Crippen molar-refractivity contribution in [1.29, 1.82) is 0 Å². The number of aromatic nitrogens is 2. The lowest BCUT2D eigenvalue weighted by Crippen LogP contribution is -2.32. The Bertz CT molecular complexity index is 965. The molecule has 0 spiro atoms. The van der Waals surface area contributed by atoms with Crippen LogP contribution in [0, 0.1) is 0 Å². The SMILES string of the molecule is O=C(ON1C(=O)c2ccccc2C1=O)c1cnc(-c2ccccn2)s1. The van der Waals surface area contributed by atoms with E-state index in [9.17, 15) is 14.4 Å². The highest BCUT2D eigenvalue weighted by Crippen LogP contribution is 2.26. The van der Waals surface area contributed by atoms with Crippen molar-refractivity contribution in [2.24, 2.45) is 0 Å². The molecule has 0 radical (unpaired) electrons. The maximum Gasteiger partial charge on any atom is 0.375 e. The van der Waals surface area contributed by atoms with Crippen LogP contribution in [0.4, 0.5) is 0 Å². The normalized spacial score (nSPS) is 13.0. The Balaban J connectivity index is 1.55. The van der Waals surface area contributed by atoms with Crippen molar-refractivity contribution >= 4 is 29.1 Å². The molecule has 122 valence electrons. The molecule has 4 rings (SSSR count). The van der Waals surface area contributed by atoms with Gasteiger partial charge in [0.25, 0.3) is 11.8 Å². The van der Waals surface area contributed by atoms with Crippen LogP contribution in [0.5, 0.6) is 0 Å². The molecule has 2 aromatic heterocycles. The fraction of sp³-hybridized carbons (Fsp3) is 0. The summed E-state index contributed by atoms with van der Waals surface area (Å²) in [5, 5.41) is 1.02. The number of rotatable bonds is 3. The maximum atomic E-state index is 12.3. The lowest BCUT2D eigenvalue weighted by molar-refractivity contribution is -0.0581. The molecule has 7 nitrogen and oxygen atoms in total. The fourth-order valence-electron chi connectivity index (χ4n) is 2.35. The van der Waals surface area contributed by atoms with Crippen LogP contribution in [-0.4, -0.2) is 32.8 Å². The highest BCUT2D eigenvalue weighted by atomic mass is 32.1. The molecule has 1 aromatic carbocycles. The minimum absolute atomic E-state index is 0.164. The van der Waals surface area contributed by atoms with E-state index in [1.54, 1.807) is 36.5 Å². The van der Waals surface area contributed by atoms with E-state index in [0.717, 1.165) is 11.3 Å². The van der Waals surface area contributed by atoms with Crippen molar-refractivity contribution in [3.05, 3.63) is 70.9 Å². The predicted octanol–water partition coefficient (Wildman–Crippen LogP) is 2.57. The zero-order valence-corrected chi connectivity index (χ0v) is 13.4. The first-order chi connectivity index (χ1) is 12.1. The van der Waals surface area contributed by atoms with Crippen LogP contribution >= 0.6 is 11.3 Å². The van der Waals surface area contributed by atoms with Gasteiger partial charge in [0, 0.05) is 6.20 Å². The monoisotopic (exact) mass is 351 g/mol. The van der Waals surface area contributed by atoms with Gasteiger partial charge in [0.15, 0.2) is 0 Å². The fourth-order valence-corrected chi connectivity index (χ4v) is 3.12. The first kappa shape index (κ1) is 15.2. The highest BCUT2D eigenvalue weighted by molar-refractivity contribution is 7.16. The Kier molecular flexibility index (Phi) is 3.58. The molecule has 25 heavy (non-hydrogen) atoms. The Morgan fingerprint density at radius 3 is 2.28 bits per heavy atom. The molecule has 0 atom stereocenters. The molecule has 0 saturated heterocycles. The number of benzene rings is 1. The van der Waals surface area contributed by atoms with Crippen molar-refractivity contribution in [2.75, 3.05) is 0 Å². The standard InChI is InChI=1S/C17H9N3O4S/c21-15-10-5-1-2-6-11(10)16(22)20(15)24-17(23)13-9-19-14(25-13)12-7-3-4-8-18-12/h1-9H. The van der Waals surface area contributed by atoms with E-state index in [1.807, 2.05) is 0 Å². The van der Waals surface area contributed by atoms with Crippen molar-refractivity contribution in [3.63, 3.8) is 0 Å². The summed E-state index contributed by atoms with van der Waals surface area (Å²) < 4.78 is 0. The second-order valence-electron chi connectivity index (χ2n) is 5.07. The van der Waals surface area contributed by atoms with Gasteiger partial charge < -0.3 is 4.84 Å². The lowest BCUT2D eigenvalue weighted by Gasteiger charge is -2.11. The minimum Gasteiger partial charge on any atom is -0.323 e. The van der Waals surface area contributed by atoms with Crippen molar-refractivity contribution in [2.45, 2.75) is 0 Å². The minimum atomic E-state index is -0.825. The Hall–Kier alpha value is -3.39. The Labute approximate surface area is 145 Å². The van der Waals surface area contributed by atoms with Gasteiger partial charge in [0.05, 0.1) is 23.0 Å². The Morgan fingerprint density at radius 1 is 0.960 bits per heavy atom. The van der Waals surface area contributed by atoms with Crippen molar-refractivity contribution in [3.8, 4) is 10.7 Å². The molecular formula is C17H9N3O4S. The van der Waals surface area contributed by atoms with Gasteiger partial charge in [-0.3, -0.25) is 14.6 Å². The number of nitrogens with zero attached hydrogens (tertiary/aromatic N) is 3. The van der Waals surface area contributed by atoms with Crippen LogP contribution in [0.2, 0.25) is 0 Å². The molecule has 8 heteroatoms. The average molecular weight is 351 g/mol. The first-order valence-electron chi connectivity index (χ1n) is 7.22. The largest absolute Gasteiger partial charge is 0.375 e. The quantitative estimate of drug-likeness (QED) is 0.674. The number of carbonyl (C=O) groups is 3. The van der Waals surface area contributed by atoms with Gasteiger partial charge in [-0.05, 0) is 24.3 Å². The van der Waals surface area contributed by atoms with Gasteiger partial charge in [-0.2, -0.15) is 0 Å². The molecular weight excluding hydrogens is 342 g/mol. The summed E-state index contributed by atoms with van der Waals surface area (Å²) in [5.74, 6) is -2.15. The van der Waals surface area contributed by atoms with E-state index in [4.69, 9.17) is 4.84 Å². The summed E-state index contributed by atoms with van der Waals surface area (Å²) in [6.45, 7) is 0. The zero-order valence-electron chi connectivity index (χ0n) is 12.6. The van der Waals surface area contributed by atoms with Crippen LogP contribution in [0.3, 0.4) is 0 Å². The smallest absolute Gasteiger partial charge is 0.323 e. The van der Waals surface area contributed by atoms with Gasteiger partial charge in [-0.15, -0.1) is 11.3 Å². The third-order valence-electron chi connectivity index (χ3n) is 3.52. The summed E-state index contributed by atoms with van der Waals surface area (Å²) >= 11 is 1.07. The molecule has 3 heterocycles. The molecule has 1 aliphatic rings. The number of carbonyl (C=O) groups excluding carboxylic acids is 3. The third kappa shape index (κ3) is 2.58. The van der Waals surface area contributed by atoms with Gasteiger partial charge in [-0.1, -0.05) is 23.3 Å². The third-order valence-corrected chi connectivity index (χ3v) is 4.52. The number of thiazole rings is 1. The molecule has 0 fully saturated rings. The number of fused-ring (bicyclic) bond motifs is 1. The number of imide groups is 1. The second kappa shape index (κ2) is 5.91. The van der Waals surface area contributed by atoms with E-state index in [2.05, 4.69) is 9.97 Å². The van der Waals surface area contributed by atoms with E-state index in [0.29, 0.717) is 15.8 Å². The number of hydroxylamine groups is 2. The molecule has 2 amide bonds. The topological polar surface area (TPSA) is 89.5 Å².